The van der Waals surface area contributed by atoms with Crippen molar-refractivity contribution in [2.75, 3.05) is 0 Å². The molecule has 18 rings (SSSR count). The summed E-state index contributed by atoms with van der Waals surface area (Å²) in [5, 5.41) is 16.5. The zero-order valence-corrected chi connectivity index (χ0v) is 48.0. The first-order valence-corrected chi connectivity index (χ1v) is 30.4. The van der Waals surface area contributed by atoms with E-state index < -0.39 is 7.92 Å². The minimum absolute atomic E-state index is 0. The largest absolute Gasteiger partial charge is 0.455 e. The lowest BCUT2D eigenvalue weighted by molar-refractivity contribution is 0.672. The van der Waals surface area contributed by atoms with E-state index in [9.17, 15) is 4.91 Å². The maximum atomic E-state index is 11.5. The number of fused-ring (bicyclic) bond motifs is 17. The third-order valence-electron chi connectivity index (χ3n) is 16.8. The van der Waals surface area contributed by atoms with Crippen molar-refractivity contribution in [1.82, 2.24) is 9.13 Å². The molecule has 17 aromatic rings. The van der Waals surface area contributed by atoms with Gasteiger partial charge in [-0.25, -0.2) is 0 Å². The Bertz CT molecular complexity index is 5310. The highest BCUT2D eigenvalue weighted by atomic mass is 31.1. The molecular weight excluding hydrogens is 1090 g/mol. The van der Waals surface area contributed by atoms with Crippen LogP contribution in [-0.4, -0.2) is 14.6 Å². The molecule has 8 heteroatoms. The van der Waals surface area contributed by atoms with Gasteiger partial charge in [-0.3, -0.25) is 0 Å². The normalized spacial score (nSPS) is 11.7. The zero-order chi connectivity index (χ0) is 57.1. The second-order valence-corrected chi connectivity index (χ2v) is 24.0. The molecule has 4 heterocycles. The van der Waals surface area contributed by atoms with Gasteiger partial charge in [0.2, 0.25) is 0 Å². The van der Waals surface area contributed by atoms with Gasteiger partial charge in [-0.15, -0.1) is 4.91 Å². The van der Waals surface area contributed by atoms with Crippen LogP contribution in [0.4, 0.5) is 5.69 Å². The molecule has 4 aromatic heterocycles. The summed E-state index contributed by atoms with van der Waals surface area (Å²) in [6.07, 6.45) is 0.984. The second kappa shape index (κ2) is 22.2. The Balaban J connectivity index is 0.000000114. The summed E-state index contributed by atoms with van der Waals surface area (Å²) in [5.74, 6) is 0. The molecule has 0 bridgehead atoms. The second-order valence-electron chi connectivity index (χ2n) is 21.8. The standard InChI is InChI=1S/C31H19NO.C30H18N2O2.C18H15P.H2O/c1-2-9-21(10-3-1)32-27-15-14-24-23-12-6-7-13-29(23)33-31(24)30(27)26-18-25-20(17-28(26)32)16-19-8-4-5-11-22(19)25;33-31-25-12-6-4-10-21(25)19-14-16-26-24(18-19)29-27(32(26)20-8-2-1-3-9-20)17-15-23-22-11-5-7-13-28(22)34-30(23)29;1-4-10-16(11-5-1)19(17-12-6-2-7-13-17)18-14-8-3-9-15-18;/h1-15,17-18H,16H2;1-18H;1-15H;1H2. The number of hydrogen-bond donors (Lipinski definition) is 0. The van der Waals surface area contributed by atoms with Gasteiger partial charge in [0.1, 0.15) is 28.0 Å². The third kappa shape index (κ3) is 9.08. The van der Waals surface area contributed by atoms with Gasteiger partial charge in [-0.2, -0.15) is 0 Å². The number of furan rings is 2. The first-order chi connectivity index (χ1) is 42.6. The highest BCUT2D eigenvalue weighted by molar-refractivity contribution is 7.79. The molecule has 13 aromatic carbocycles. The van der Waals surface area contributed by atoms with E-state index >= 15 is 0 Å². The van der Waals surface area contributed by atoms with Crippen LogP contribution in [0.15, 0.2) is 317 Å². The zero-order valence-electron chi connectivity index (χ0n) is 47.1. The van der Waals surface area contributed by atoms with Gasteiger partial charge in [-0.1, -0.05) is 212 Å². The molecule has 414 valence electrons. The molecule has 0 atom stereocenters. The fourth-order valence-corrected chi connectivity index (χ4v) is 15.4. The minimum Gasteiger partial charge on any atom is -0.455 e. The lowest BCUT2D eigenvalue weighted by Gasteiger charge is -2.18. The van der Waals surface area contributed by atoms with Crippen LogP contribution in [0.25, 0.3) is 121 Å². The van der Waals surface area contributed by atoms with Crippen LogP contribution in [0.5, 0.6) is 0 Å². The van der Waals surface area contributed by atoms with E-state index in [1.807, 2.05) is 60.7 Å². The molecule has 2 N–H and O–H groups in total. The lowest BCUT2D eigenvalue weighted by Crippen LogP contribution is -2.20. The Morgan fingerprint density at radius 2 is 0.770 bits per heavy atom. The average molecular weight is 1140 g/mol. The van der Waals surface area contributed by atoms with Crippen LogP contribution in [0.3, 0.4) is 0 Å². The molecule has 0 amide bonds. The highest BCUT2D eigenvalue weighted by Crippen LogP contribution is 2.47. The first kappa shape index (κ1) is 52.8. The smallest absolute Gasteiger partial charge is 0.145 e. The monoisotopic (exact) mass is 1140 g/mol. The molecule has 0 unspecified atom stereocenters. The van der Waals surface area contributed by atoms with Crippen molar-refractivity contribution in [2.45, 2.75) is 6.42 Å². The third-order valence-corrected chi connectivity index (χ3v) is 19.3. The Morgan fingerprint density at radius 3 is 1.31 bits per heavy atom. The summed E-state index contributed by atoms with van der Waals surface area (Å²) < 4.78 is 17.6. The summed E-state index contributed by atoms with van der Waals surface area (Å²) in [4.78, 5) is 11.5. The average Bonchev–Trinajstić information content (AvgIpc) is 1.64. The Hall–Kier alpha value is -11.0. The quantitative estimate of drug-likeness (QED) is 0.117. The number of nitrogens with zero attached hydrogens (tertiary/aromatic N) is 3. The van der Waals surface area contributed by atoms with Gasteiger partial charge in [0.25, 0.3) is 0 Å². The number of aromatic nitrogens is 2. The van der Waals surface area contributed by atoms with E-state index in [4.69, 9.17) is 8.83 Å². The van der Waals surface area contributed by atoms with Crippen molar-refractivity contribution < 1.29 is 14.3 Å². The van der Waals surface area contributed by atoms with Gasteiger partial charge in [0.05, 0.1) is 32.8 Å². The van der Waals surface area contributed by atoms with Crippen molar-refractivity contribution in [2.24, 2.45) is 5.18 Å². The number of rotatable bonds is 7. The molecule has 1 aliphatic carbocycles. The SMILES string of the molecule is O.O=Nc1ccccc1-c1ccc2c(c1)c1c3oc4ccccc4c3ccc1n2-c1ccccc1.c1ccc(-n2c3cc4c(cc3c3c5oc6ccccc6c5ccc32)-c2ccccc2C4)cc1.c1ccc(P(c2ccccc2)c2ccccc2)cc1. The van der Waals surface area contributed by atoms with E-state index in [0.29, 0.717) is 5.69 Å². The van der Waals surface area contributed by atoms with E-state index in [1.165, 1.54) is 76.4 Å². The van der Waals surface area contributed by atoms with E-state index in [1.54, 1.807) is 6.07 Å². The van der Waals surface area contributed by atoms with E-state index in [0.717, 1.165) is 78.1 Å². The predicted molar refractivity (Wildman–Crippen MR) is 364 cm³/mol. The van der Waals surface area contributed by atoms with Gasteiger partial charge < -0.3 is 23.4 Å². The topological polar surface area (TPSA) is 97.1 Å². The van der Waals surface area contributed by atoms with Gasteiger partial charge in [0.15, 0.2) is 0 Å². The van der Waals surface area contributed by atoms with Crippen molar-refractivity contribution in [1.29, 1.82) is 0 Å². The van der Waals surface area contributed by atoms with E-state index in [2.05, 4.69) is 251 Å². The summed E-state index contributed by atoms with van der Waals surface area (Å²) in [6, 6.07) is 106. The van der Waals surface area contributed by atoms with Crippen LogP contribution in [0.2, 0.25) is 0 Å². The van der Waals surface area contributed by atoms with Crippen LogP contribution in [0, 0.1) is 4.91 Å². The molecule has 1 aliphatic rings. The number of nitroso groups, excluding NO2 is 1. The van der Waals surface area contributed by atoms with Crippen molar-refractivity contribution in [3.05, 3.63) is 319 Å². The Morgan fingerprint density at radius 1 is 0.333 bits per heavy atom. The molecule has 87 heavy (non-hydrogen) atoms. The number of para-hydroxylation sites is 4. The van der Waals surface area contributed by atoms with Crippen LogP contribution in [-0.2, 0) is 6.42 Å². The molecular formula is C79H54N3O4P. The number of benzene rings is 13. The first-order valence-electron chi connectivity index (χ1n) is 29.0. The van der Waals surface area contributed by atoms with Crippen molar-refractivity contribution in [3.63, 3.8) is 0 Å². The molecule has 0 aliphatic heterocycles. The van der Waals surface area contributed by atoms with Gasteiger partial charge in [-0.05, 0) is 154 Å². The van der Waals surface area contributed by atoms with Crippen molar-refractivity contribution >= 4 is 117 Å². The van der Waals surface area contributed by atoms with Crippen molar-refractivity contribution in [3.8, 4) is 33.6 Å². The maximum absolute atomic E-state index is 11.5. The van der Waals surface area contributed by atoms with E-state index in [-0.39, 0.29) is 5.48 Å². The summed E-state index contributed by atoms with van der Waals surface area (Å²) in [7, 11) is -0.446. The molecule has 0 spiro atoms. The summed E-state index contributed by atoms with van der Waals surface area (Å²) in [5.41, 5.74) is 18.2. The Kier molecular flexibility index (Phi) is 13.5. The Labute approximate surface area is 502 Å². The summed E-state index contributed by atoms with van der Waals surface area (Å²) >= 11 is 0. The summed E-state index contributed by atoms with van der Waals surface area (Å²) in [6.45, 7) is 0. The molecule has 0 fully saturated rings. The molecule has 7 nitrogen and oxygen atoms in total. The van der Waals surface area contributed by atoms with Crippen LogP contribution < -0.4 is 15.9 Å². The van der Waals surface area contributed by atoms with Crippen LogP contribution in [0.1, 0.15) is 11.1 Å². The molecule has 0 saturated heterocycles. The fourth-order valence-electron chi connectivity index (χ4n) is 13.1. The highest BCUT2D eigenvalue weighted by Gasteiger charge is 2.25. The number of hydrogen-bond acceptors (Lipinski definition) is 4. The lowest BCUT2D eigenvalue weighted by atomic mass is 10.0. The molecule has 0 radical (unpaired) electrons. The molecule has 0 saturated carbocycles. The van der Waals surface area contributed by atoms with Gasteiger partial charge in [0, 0.05) is 49.3 Å². The van der Waals surface area contributed by atoms with Gasteiger partial charge >= 0.3 is 0 Å². The minimum atomic E-state index is -0.446. The van der Waals surface area contributed by atoms with Crippen LogP contribution >= 0.6 is 7.92 Å². The fraction of sp³-hybridized carbons (Fsp3) is 0.0127. The predicted octanol–water partition coefficient (Wildman–Crippen LogP) is 19.6. The maximum Gasteiger partial charge on any atom is 0.145 e.